The van der Waals surface area contributed by atoms with E-state index in [0.29, 0.717) is 12.1 Å². The maximum Gasteiger partial charge on any atom is 0.157 e. The van der Waals surface area contributed by atoms with Gasteiger partial charge in [-0.25, -0.2) is 19.7 Å². The van der Waals surface area contributed by atoms with Crippen molar-refractivity contribution in [1.29, 1.82) is 0 Å². The number of anilines is 1. The molecule has 0 aliphatic carbocycles. The van der Waals surface area contributed by atoms with Crippen LogP contribution >= 0.6 is 0 Å². The Hall–Kier alpha value is -2.51. The second kappa shape index (κ2) is 6.18. The van der Waals surface area contributed by atoms with Crippen molar-refractivity contribution >= 4 is 16.6 Å². The minimum absolute atomic E-state index is 0.445. The van der Waals surface area contributed by atoms with E-state index in [1.807, 2.05) is 16.9 Å². The van der Waals surface area contributed by atoms with Gasteiger partial charge in [-0.3, -0.25) is 0 Å². The standard InChI is InChI=1S/C17H21N7/c1-12-10-23(13(2)8-19-12)22-15-3-4-16-14(7-15)9-21-24(16)17-5-6-18-11-20-17/h3-7,9,11-13,19,22H,8,10H2,1-2H3. The van der Waals surface area contributed by atoms with Gasteiger partial charge in [-0.1, -0.05) is 0 Å². The molecule has 3 heterocycles. The molecule has 0 spiro atoms. The third-order valence-corrected chi connectivity index (χ3v) is 4.39. The van der Waals surface area contributed by atoms with Gasteiger partial charge in [0.2, 0.25) is 0 Å². The van der Waals surface area contributed by atoms with Crippen LogP contribution in [0.25, 0.3) is 16.7 Å². The molecule has 2 atom stereocenters. The molecule has 2 aromatic heterocycles. The first-order chi connectivity index (χ1) is 11.7. The fraction of sp³-hybridized carbons (Fsp3) is 0.353. The lowest BCUT2D eigenvalue weighted by molar-refractivity contribution is 0.180. The van der Waals surface area contributed by atoms with Gasteiger partial charge in [0.1, 0.15) is 6.33 Å². The SMILES string of the molecule is CC1CN(Nc2ccc3c(cnn3-c3ccncn3)c2)C(C)CN1. The Labute approximate surface area is 140 Å². The topological polar surface area (TPSA) is 70.9 Å². The molecule has 2 N–H and O–H groups in total. The summed E-state index contributed by atoms with van der Waals surface area (Å²) in [6, 6.07) is 9.06. The van der Waals surface area contributed by atoms with Crippen LogP contribution in [0.4, 0.5) is 5.69 Å². The number of rotatable bonds is 3. The van der Waals surface area contributed by atoms with Crippen molar-refractivity contribution in [3.8, 4) is 5.82 Å². The summed E-state index contributed by atoms with van der Waals surface area (Å²) in [5.74, 6) is 0.769. The van der Waals surface area contributed by atoms with Gasteiger partial charge >= 0.3 is 0 Å². The lowest BCUT2D eigenvalue weighted by atomic mass is 10.2. The quantitative estimate of drug-likeness (QED) is 0.766. The molecular formula is C17H21N7. The Morgan fingerprint density at radius 1 is 1.25 bits per heavy atom. The summed E-state index contributed by atoms with van der Waals surface area (Å²) < 4.78 is 1.83. The van der Waals surface area contributed by atoms with Crippen LogP contribution in [0.2, 0.25) is 0 Å². The van der Waals surface area contributed by atoms with Crippen molar-refractivity contribution in [2.75, 3.05) is 18.5 Å². The monoisotopic (exact) mass is 323 g/mol. The van der Waals surface area contributed by atoms with Gasteiger partial charge in [-0.2, -0.15) is 5.10 Å². The third kappa shape index (κ3) is 2.83. The predicted octanol–water partition coefficient (Wildman–Crippen LogP) is 1.82. The number of aromatic nitrogens is 4. The maximum absolute atomic E-state index is 4.46. The van der Waals surface area contributed by atoms with Gasteiger partial charge in [-0.15, -0.1) is 0 Å². The van der Waals surface area contributed by atoms with E-state index in [0.717, 1.165) is 35.5 Å². The van der Waals surface area contributed by atoms with Crippen molar-refractivity contribution < 1.29 is 0 Å². The summed E-state index contributed by atoms with van der Waals surface area (Å²) >= 11 is 0. The Balaban J connectivity index is 1.60. The van der Waals surface area contributed by atoms with E-state index in [4.69, 9.17) is 0 Å². The highest BCUT2D eigenvalue weighted by Gasteiger charge is 2.22. The van der Waals surface area contributed by atoms with Crippen molar-refractivity contribution in [3.63, 3.8) is 0 Å². The molecular weight excluding hydrogens is 302 g/mol. The minimum Gasteiger partial charge on any atom is -0.319 e. The second-order valence-corrected chi connectivity index (χ2v) is 6.32. The van der Waals surface area contributed by atoms with Crippen molar-refractivity contribution in [1.82, 2.24) is 30.1 Å². The number of fused-ring (bicyclic) bond motifs is 1. The van der Waals surface area contributed by atoms with Crippen LogP contribution in [0.15, 0.2) is 43.0 Å². The Morgan fingerprint density at radius 2 is 2.17 bits per heavy atom. The molecule has 7 heteroatoms. The van der Waals surface area contributed by atoms with E-state index in [1.165, 1.54) is 6.33 Å². The molecule has 0 radical (unpaired) electrons. The molecule has 3 aromatic rings. The molecule has 2 unspecified atom stereocenters. The highest BCUT2D eigenvalue weighted by Crippen LogP contribution is 2.22. The van der Waals surface area contributed by atoms with Gasteiger partial charge in [0.15, 0.2) is 5.82 Å². The average molecular weight is 323 g/mol. The lowest BCUT2D eigenvalue weighted by Crippen LogP contribution is -2.56. The van der Waals surface area contributed by atoms with Gasteiger partial charge in [0, 0.05) is 48.5 Å². The Kier molecular flexibility index (Phi) is 3.87. The Bertz CT molecular complexity index is 829. The highest BCUT2D eigenvalue weighted by molar-refractivity contribution is 5.83. The summed E-state index contributed by atoms with van der Waals surface area (Å²) in [5, 5.41) is 11.3. The zero-order valence-electron chi connectivity index (χ0n) is 13.8. The summed E-state index contributed by atoms with van der Waals surface area (Å²) in [6.07, 6.45) is 5.12. The smallest absolute Gasteiger partial charge is 0.157 e. The van der Waals surface area contributed by atoms with Crippen LogP contribution in [-0.2, 0) is 0 Å². The zero-order valence-corrected chi connectivity index (χ0v) is 13.8. The number of piperazine rings is 1. The number of hydrogen-bond acceptors (Lipinski definition) is 6. The molecule has 24 heavy (non-hydrogen) atoms. The number of benzene rings is 1. The molecule has 1 aliphatic heterocycles. The molecule has 1 aliphatic rings. The predicted molar refractivity (Wildman–Crippen MR) is 93.9 cm³/mol. The minimum atomic E-state index is 0.445. The zero-order chi connectivity index (χ0) is 16.5. The van der Waals surface area contributed by atoms with Crippen molar-refractivity contribution in [3.05, 3.63) is 43.0 Å². The largest absolute Gasteiger partial charge is 0.319 e. The van der Waals surface area contributed by atoms with Crippen LogP contribution in [0.5, 0.6) is 0 Å². The van der Waals surface area contributed by atoms with Crippen LogP contribution < -0.4 is 10.7 Å². The Morgan fingerprint density at radius 3 is 3.00 bits per heavy atom. The first kappa shape index (κ1) is 15.0. The summed E-state index contributed by atoms with van der Waals surface area (Å²) in [4.78, 5) is 8.22. The number of nitrogens with one attached hydrogen (secondary N) is 2. The van der Waals surface area contributed by atoms with Crippen molar-refractivity contribution in [2.45, 2.75) is 25.9 Å². The molecule has 7 nitrogen and oxygen atoms in total. The molecule has 124 valence electrons. The van der Waals surface area contributed by atoms with E-state index >= 15 is 0 Å². The molecule has 1 fully saturated rings. The fourth-order valence-corrected chi connectivity index (χ4v) is 3.04. The molecule has 1 saturated heterocycles. The molecule has 0 amide bonds. The fourth-order valence-electron chi connectivity index (χ4n) is 3.04. The van der Waals surface area contributed by atoms with Gasteiger partial charge in [-0.05, 0) is 32.0 Å². The van der Waals surface area contributed by atoms with E-state index in [1.54, 1.807) is 6.20 Å². The number of hydrogen-bond donors (Lipinski definition) is 2. The van der Waals surface area contributed by atoms with E-state index < -0.39 is 0 Å². The van der Waals surface area contributed by atoms with Crippen LogP contribution in [0, 0.1) is 0 Å². The van der Waals surface area contributed by atoms with Crippen LogP contribution in [0.1, 0.15) is 13.8 Å². The highest BCUT2D eigenvalue weighted by atomic mass is 15.5. The summed E-state index contributed by atoms with van der Waals surface area (Å²) in [6.45, 7) is 6.38. The lowest BCUT2D eigenvalue weighted by Gasteiger charge is -2.38. The maximum atomic E-state index is 4.46. The number of nitrogens with zero attached hydrogens (tertiary/aromatic N) is 5. The first-order valence-electron chi connectivity index (χ1n) is 8.21. The van der Waals surface area contributed by atoms with Crippen molar-refractivity contribution in [2.24, 2.45) is 0 Å². The van der Waals surface area contributed by atoms with Gasteiger partial charge in [0.05, 0.1) is 11.7 Å². The third-order valence-electron chi connectivity index (χ3n) is 4.39. The normalized spacial score (nSPS) is 21.9. The van der Waals surface area contributed by atoms with Gasteiger partial charge in [0.25, 0.3) is 0 Å². The first-order valence-corrected chi connectivity index (χ1v) is 8.21. The van der Waals surface area contributed by atoms with E-state index in [-0.39, 0.29) is 0 Å². The van der Waals surface area contributed by atoms with Crippen LogP contribution in [-0.4, -0.2) is 49.9 Å². The van der Waals surface area contributed by atoms with Crippen LogP contribution in [0.3, 0.4) is 0 Å². The van der Waals surface area contributed by atoms with E-state index in [2.05, 4.69) is 62.9 Å². The molecule has 1 aromatic carbocycles. The second-order valence-electron chi connectivity index (χ2n) is 6.32. The molecule has 0 saturated carbocycles. The summed E-state index contributed by atoms with van der Waals surface area (Å²) in [5.41, 5.74) is 5.64. The molecule has 4 rings (SSSR count). The summed E-state index contributed by atoms with van der Waals surface area (Å²) in [7, 11) is 0. The van der Waals surface area contributed by atoms with Gasteiger partial charge < -0.3 is 10.7 Å². The molecule has 0 bridgehead atoms. The number of hydrazine groups is 1. The van der Waals surface area contributed by atoms with E-state index in [9.17, 15) is 0 Å². The average Bonchev–Trinajstić information content (AvgIpc) is 3.02.